The number of aryl methyl sites for hydroxylation is 1. The average molecular weight is 395 g/mol. The van der Waals surface area contributed by atoms with E-state index < -0.39 is 36.6 Å². The van der Waals surface area contributed by atoms with Gasteiger partial charge in [-0.25, -0.2) is 15.0 Å². The first-order chi connectivity index (χ1) is 13.3. The first-order valence-corrected chi connectivity index (χ1v) is 9.25. The number of nitrogens with one attached hydrogen (secondary N) is 1. The number of fused-ring (bicyclic) bond motifs is 1. The lowest BCUT2D eigenvalue weighted by atomic mass is 9.81. The lowest BCUT2D eigenvalue weighted by Crippen LogP contribution is -2.51. The highest BCUT2D eigenvalue weighted by atomic mass is 19.4. The Hall–Kier alpha value is -2.49. The van der Waals surface area contributed by atoms with Crippen molar-refractivity contribution < 1.29 is 23.1 Å². The van der Waals surface area contributed by atoms with E-state index in [0.717, 1.165) is 24.1 Å². The van der Waals surface area contributed by atoms with Crippen LogP contribution in [-0.4, -0.2) is 48.4 Å². The van der Waals surface area contributed by atoms with E-state index in [1.54, 1.807) is 17.0 Å². The van der Waals surface area contributed by atoms with Crippen molar-refractivity contribution in [2.24, 2.45) is 0 Å². The molecular formula is C18H20F3N5O2. The molecule has 2 N–H and O–H groups in total. The highest BCUT2D eigenvalue weighted by molar-refractivity contribution is 5.94. The number of carbonyl (C=O) groups excluding carboxylic acids is 1. The second kappa shape index (κ2) is 6.84. The summed E-state index contributed by atoms with van der Waals surface area (Å²) in [5.41, 5.74) is -0.787. The van der Waals surface area contributed by atoms with Crippen LogP contribution in [0.15, 0.2) is 18.7 Å². The Morgan fingerprint density at radius 1 is 1.25 bits per heavy atom. The molecule has 1 amide bonds. The molecule has 2 heterocycles. The Bertz CT molecular complexity index is 874. The van der Waals surface area contributed by atoms with Gasteiger partial charge in [-0.15, -0.1) is 0 Å². The van der Waals surface area contributed by atoms with Gasteiger partial charge in [0.1, 0.15) is 12.0 Å². The summed E-state index contributed by atoms with van der Waals surface area (Å²) >= 11 is 0. The second-order valence-electron chi connectivity index (χ2n) is 7.40. The van der Waals surface area contributed by atoms with E-state index in [9.17, 15) is 23.1 Å². The highest BCUT2D eigenvalue weighted by Gasteiger charge is 2.54. The molecule has 10 heteroatoms. The topological polar surface area (TPSA) is 92.9 Å². The van der Waals surface area contributed by atoms with E-state index in [2.05, 4.69) is 20.3 Å². The molecule has 4 rings (SSSR count). The summed E-state index contributed by atoms with van der Waals surface area (Å²) in [4.78, 5) is 25.7. The number of halogens is 3. The quantitative estimate of drug-likeness (QED) is 0.831. The number of carbonyl (C=O) groups is 1. The van der Waals surface area contributed by atoms with Gasteiger partial charge < -0.3 is 10.4 Å². The molecule has 28 heavy (non-hydrogen) atoms. The lowest BCUT2D eigenvalue weighted by molar-refractivity contribution is -0.270. The molecule has 0 aromatic carbocycles. The smallest absolute Gasteiger partial charge is 0.380 e. The van der Waals surface area contributed by atoms with E-state index in [1.807, 2.05) is 0 Å². The number of amides is 1. The zero-order valence-corrected chi connectivity index (χ0v) is 15.0. The van der Waals surface area contributed by atoms with Crippen LogP contribution in [0.1, 0.15) is 53.8 Å². The molecule has 2 aromatic rings. The Morgan fingerprint density at radius 2 is 2.00 bits per heavy atom. The number of hydrogen-bond acceptors (Lipinski definition) is 5. The van der Waals surface area contributed by atoms with E-state index >= 15 is 0 Å². The van der Waals surface area contributed by atoms with Gasteiger partial charge in [-0.1, -0.05) is 0 Å². The van der Waals surface area contributed by atoms with E-state index in [-0.39, 0.29) is 18.5 Å². The third-order valence-corrected chi connectivity index (χ3v) is 5.55. The maximum atomic E-state index is 12.9. The summed E-state index contributed by atoms with van der Waals surface area (Å²) in [7, 11) is 0. The minimum atomic E-state index is -4.66. The van der Waals surface area contributed by atoms with Gasteiger partial charge in [-0.05, 0) is 44.9 Å². The van der Waals surface area contributed by atoms with Crippen LogP contribution in [0.2, 0.25) is 0 Å². The maximum absolute atomic E-state index is 12.9. The Balaban J connectivity index is 1.52. The minimum Gasteiger partial charge on any atom is -0.380 e. The van der Waals surface area contributed by atoms with Gasteiger partial charge in [0.15, 0.2) is 5.60 Å². The molecule has 2 aliphatic carbocycles. The molecule has 0 spiro atoms. The van der Waals surface area contributed by atoms with Crippen LogP contribution in [0, 0.1) is 0 Å². The maximum Gasteiger partial charge on any atom is 0.417 e. The van der Waals surface area contributed by atoms with Crippen molar-refractivity contribution in [1.82, 2.24) is 24.8 Å². The summed E-state index contributed by atoms with van der Waals surface area (Å²) < 4.78 is 40.5. The summed E-state index contributed by atoms with van der Waals surface area (Å²) in [5, 5.41) is 12.6. The Kier molecular flexibility index (Phi) is 4.60. The molecule has 0 saturated heterocycles. The van der Waals surface area contributed by atoms with Crippen molar-refractivity contribution in [2.45, 2.75) is 62.8 Å². The molecule has 0 aliphatic heterocycles. The Morgan fingerprint density at radius 3 is 2.64 bits per heavy atom. The molecule has 2 aliphatic rings. The summed E-state index contributed by atoms with van der Waals surface area (Å²) in [6.07, 6.45) is 1.73. The molecule has 0 unspecified atom stereocenters. The van der Waals surface area contributed by atoms with E-state index in [1.165, 1.54) is 6.33 Å². The van der Waals surface area contributed by atoms with Gasteiger partial charge in [-0.2, -0.15) is 13.2 Å². The minimum absolute atomic E-state index is 0.0589. The number of hydrogen-bond donors (Lipinski definition) is 2. The van der Waals surface area contributed by atoms with Crippen molar-refractivity contribution in [2.75, 3.05) is 0 Å². The van der Waals surface area contributed by atoms with Crippen LogP contribution < -0.4 is 5.32 Å². The van der Waals surface area contributed by atoms with Crippen molar-refractivity contribution in [3.8, 4) is 5.95 Å². The van der Waals surface area contributed by atoms with Crippen molar-refractivity contribution in [3.63, 3.8) is 0 Å². The van der Waals surface area contributed by atoms with Gasteiger partial charge in [-0.3, -0.25) is 9.36 Å². The molecule has 0 radical (unpaired) electrons. The van der Waals surface area contributed by atoms with Gasteiger partial charge >= 0.3 is 6.18 Å². The third-order valence-electron chi connectivity index (χ3n) is 5.55. The molecular weight excluding hydrogens is 375 g/mol. The molecule has 1 saturated carbocycles. The van der Waals surface area contributed by atoms with E-state index in [0.29, 0.717) is 12.4 Å². The molecule has 1 fully saturated rings. The summed E-state index contributed by atoms with van der Waals surface area (Å²) in [5.74, 6) is -0.0669. The number of imidazole rings is 1. The number of rotatable bonds is 3. The number of nitrogens with zero attached hydrogens (tertiary/aromatic N) is 4. The monoisotopic (exact) mass is 395 g/mol. The second-order valence-corrected chi connectivity index (χ2v) is 7.40. The predicted octanol–water partition coefficient (Wildman–Crippen LogP) is 2.12. The number of aromatic nitrogens is 4. The fraction of sp³-hybridized carbons (Fsp3) is 0.556. The fourth-order valence-corrected chi connectivity index (χ4v) is 3.88. The van der Waals surface area contributed by atoms with Crippen LogP contribution in [0.25, 0.3) is 5.95 Å². The van der Waals surface area contributed by atoms with E-state index in [4.69, 9.17) is 0 Å². The normalized spacial score (nSPS) is 24.8. The average Bonchev–Trinajstić information content (AvgIpc) is 3.33. The van der Waals surface area contributed by atoms with Crippen molar-refractivity contribution in [3.05, 3.63) is 35.7 Å². The highest BCUT2D eigenvalue weighted by Crippen LogP contribution is 2.41. The van der Waals surface area contributed by atoms with Crippen LogP contribution >= 0.6 is 0 Å². The van der Waals surface area contributed by atoms with Crippen LogP contribution in [0.4, 0.5) is 13.2 Å². The van der Waals surface area contributed by atoms with Crippen molar-refractivity contribution in [1.29, 1.82) is 0 Å². The molecule has 0 bridgehead atoms. The number of alkyl halides is 3. The first kappa shape index (κ1) is 18.9. The summed E-state index contributed by atoms with van der Waals surface area (Å²) in [6.45, 7) is 0. The van der Waals surface area contributed by atoms with Crippen LogP contribution in [0.5, 0.6) is 0 Å². The zero-order valence-electron chi connectivity index (χ0n) is 15.0. The predicted molar refractivity (Wildman–Crippen MR) is 91.9 cm³/mol. The fourth-order valence-electron chi connectivity index (χ4n) is 3.88. The van der Waals surface area contributed by atoms with Crippen LogP contribution in [0.3, 0.4) is 0 Å². The van der Waals surface area contributed by atoms with Gasteiger partial charge in [0.05, 0.1) is 0 Å². The summed E-state index contributed by atoms with van der Waals surface area (Å²) in [6, 6.07) is -0.432. The van der Waals surface area contributed by atoms with Gasteiger partial charge in [0, 0.05) is 29.7 Å². The number of aliphatic hydroxyl groups is 1. The van der Waals surface area contributed by atoms with Crippen molar-refractivity contribution >= 4 is 5.91 Å². The first-order valence-electron chi connectivity index (χ1n) is 9.25. The third kappa shape index (κ3) is 3.36. The van der Waals surface area contributed by atoms with Gasteiger partial charge in [0.2, 0.25) is 5.95 Å². The molecule has 0 atom stereocenters. The molecule has 150 valence electrons. The molecule has 7 nitrogen and oxygen atoms in total. The zero-order chi connectivity index (χ0) is 19.9. The lowest BCUT2D eigenvalue weighted by Gasteiger charge is -2.37. The SMILES string of the molecule is O=C(NC1CCC(O)(C(F)(F)F)CC1)c1nc(-n2ccnc2)nc2c1CCC2. The van der Waals surface area contributed by atoms with Crippen LogP contribution in [-0.2, 0) is 12.8 Å². The van der Waals surface area contributed by atoms with Gasteiger partial charge in [0.25, 0.3) is 5.91 Å². The Labute approximate surface area is 159 Å². The standard InChI is InChI=1S/C18H20F3N5O2/c19-18(20,21)17(28)6-4-11(5-7-17)23-15(27)14-12-2-1-3-13(12)24-16(25-14)26-9-8-22-10-26/h8-11,28H,1-7H2,(H,23,27). The largest absolute Gasteiger partial charge is 0.417 e. The molecule has 2 aromatic heterocycles.